The van der Waals surface area contributed by atoms with E-state index in [0.717, 1.165) is 0 Å². The van der Waals surface area contributed by atoms with Crippen molar-refractivity contribution in [3.05, 3.63) is 20.2 Å². The minimum atomic E-state index is -4.74. The molecule has 0 fully saturated rings. The lowest BCUT2D eigenvalue weighted by molar-refractivity contribution is -0.274. The molecule has 0 spiro atoms. The van der Waals surface area contributed by atoms with Crippen molar-refractivity contribution in [2.75, 3.05) is 5.32 Å². The van der Waals surface area contributed by atoms with E-state index in [9.17, 15) is 18.0 Å². The monoisotopic (exact) mass is 409 g/mol. The summed E-state index contributed by atoms with van der Waals surface area (Å²) >= 11 is 4.71. The third kappa shape index (κ3) is 3.81. The van der Waals surface area contributed by atoms with Gasteiger partial charge in [-0.25, -0.2) is 0 Å². The fraction of sp³-hybridized carbons (Fsp3) is 0.125. The van der Waals surface area contributed by atoms with E-state index in [1.165, 1.54) is 12.1 Å². The van der Waals surface area contributed by atoms with Gasteiger partial charge in [-0.05, 0) is 50.7 Å². The average Bonchev–Trinajstić information content (AvgIpc) is 2.11. The molecule has 1 aromatic rings. The first kappa shape index (κ1) is 13.6. The second-order valence-electron chi connectivity index (χ2n) is 2.57. The molecule has 3 nitrogen and oxygen atoms in total. The maximum absolute atomic E-state index is 12.0. The molecule has 0 heterocycles. The average molecular weight is 410 g/mol. The van der Waals surface area contributed by atoms with Gasteiger partial charge in [-0.2, -0.15) is 0 Å². The predicted octanol–water partition coefficient (Wildman–Crippen LogP) is 3.52. The highest BCUT2D eigenvalue weighted by atomic mass is 127. The lowest BCUT2D eigenvalue weighted by Gasteiger charge is -2.12. The van der Waals surface area contributed by atoms with Crippen LogP contribution in [0.25, 0.3) is 0 Å². The van der Waals surface area contributed by atoms with Crippen LogP contribution in [-0.2, 0) is 4.79 Å². The summed E-state index contributed by atoms with van der Waals surface area (Å²) in [5.74, 6) is -0.353. The van der Waals surface area contributed by atoms with Crippen LogP contribution in [0.3, 0.4) is 0 Å². The van der Waals surface area contributed by atoms with Gasteiger partial charge >= 0.3 is 6.36 Å². The van der Waals surface area contributed by atoms with E-state index in [1.807, 2.05) is 0 Å². The second-order valence-corrected chi connectivity index (χ2v) is 4.59. The lowest BCUT2D eigenvalue weighted by Crippen LogP contribution is -2.17. The molecule has 8 heteroatoms. The Hall–Kier alpha value is -0.510. The highest BCUT2D eigenvalue weighted by Gasteiger charge is 2.32. The van der Waals surface area contributed by atoms with E-state index >= 15 is 0 Å². The molecule has 0 aliphatic carbocycles. The van der Waals surface area contributed by atoms with E-state index < -0.39 is 6.36 Å². The number of nitrogens with one attached hydrogen (secondary N) is 1. The first-order valence-electron chi connectivity index (χ1n) is 3.78. The van der Waals surface area contributed by atoms with Crippen molar-refractivity contribution in [1.29, 1.82) is 0 Å². The zero-order valence-electron chi connectivity index (χ0n) is 7.44. The van der Waals surface area contributed by atoms with Crippen molar-refractivity contribution in [2.45, 2.75) is 6.36 Å². The Kier molecular flexibility index (Phi) is 4.42. The number of halogens is 5. The fourth-order valence-electron chi connectivity index (χ4n) is 0.906. The molecule has 1 aromatic carbocycles. The number of alkyl halides is 3. The summed E-state index contributed by atoms with van der Waals surface area (Å²) in [6.45, 7) is 0. The van der Waals surface area contributed by atoms with Gasteiger partial charge < -0.3 is 10.1 Å². The molecule has 0 bridgehead atoms. The van der Waals surface area contributed by atoms with Crippen molar-refractivity contribution < 1.29 is 22.7 Å². The van der Waals surface area contributed by atoms with Crippen LogP contribution in [0.1, 0.15) is 0 Å². The minimum Gasteiger partial charge on any atom is -0.405 e. The molecule has 0 saturated carbocycles. The van der Waals surface area contributed by atoms with Gasteiger partial charge in [0.05, 0.1) is 10.2 Å². The molecule has 1 rings (SSSR count). The molecule has 1 amide bonds. The van der Waals surface area contributed by atoms with Crippen molar-refractivity contribution >= 4 is 50.6 Å². The van der Waals surface area contributed by atoms with Gasteiger partial charge in [0.1, 0.15) is 5.75 Å². The van der Waals surface area contributed by atoms with Crippen LogP contribution in [0.15, 0.2) is 16.6 Å². The Bertz CT molecular complexity index is 411. The number of carbonyl (C=O) groups excluding carboxylic acids is 1. The first-order chi connectivity index (χ1) is 7.33. The highest BCUT2D eigenvalue weighted by Crippen LogP contribution is 2.35. The molecule has 0 saturated heterocycles. The van der Waals surface area contributed by atoms with Crippen molar-refractivity contribution in [3.8, 4) is 5.75 Å². The molecule has 0 aliphatic rings. The molecular weight excluding hydrogens is 406 g/mol. The van der Waals surface area contributed by atoms with Crippen LogP contribution in [0.2, 0.25) is 0 Å². The van der Waals surface area contributed by atoms with Gasteiger partial charge in [0.15, 0.2) is 0 Å². The zero-order chi connectivity index (χ0) is 12.3. The van der Waals surface area contributed by atoms with E-state index in [-0.39, 0.29) is 10.2 Å². The lowest BCUT2D eigenvalue weighted by atomic mass is 10.3. The number of carbonyl (C=O) groups is 1. The molecular formula is C8H4BrF3INO2. The number of benzene rings is 1. The first-order valence-corrected chi connectivity index (χ1v) is 5.65. The maximum atomic E-state index is 12.0. The third-order valence-corrected chi connectivity index (χ3v) is 2.97. The highest BCUT2D eigenvalue weighted by molar-refractivity contribution is 14.1. The fourth-order valence-corrected chi connectivity index (χ4v) is 1.92. The summed E-state index contributed by atoms with van der Waals surface area (Å²) in [5.41, 5.74) is 0.400. The van der Waals surface area contributed by atoms with E-state index in [1.54, 1.807) is 22.6 Å². The van der Waals surface area contributed by atoms with Gasteiger partial charge in [-0.1, -0.05) is 0 Å². The van der Waals surface area contributed by atoms with E-state index in [0.29, 0.717) is 15.7 Å². The zero-order valence-corrected chi connectivity index (χ0v) is 11.2. The SMILES string of the molecule is O=CNc1cc(Br)c(OC(F)(F)F)cc1I. The Morgan fingerprint density at radius 2 is 2.06 bits per heavy atom. The molecule has 0 radical (unpaired) electrons. The van der Waals surface area contributed by atoms with Gasteiger partial charge in [0.25, 0.3) is 0 Å². The summed E-state index contributed by atoms with van der Waals surface area (Å²) in [5, 5.41) is 2.35. The van der Waals surface area contributed by atoms with Gasteiger partial charge in [-0.15, -0.1) is 13.2 Å². The number of anilines is 1. The maximum Gasteiger partial charge on any atom is 0.573 e. The third-order valence-electron chi connectivity index (χ3n) is 1.46. The Morgan fingerprint density at radius 1 is 1.44 bits per heavy atom. The molecule has 0 aliphatic heterocycles. The smallest absolute Gasteiger partial charge is 0.405 e. The summed E-state index contributed by atoms with van der Waals surface area (Å²) in [6.07, 6.45) is -4.31. The molecule has 88 valence electrons. The standard InChI is InChI=1S/C8H4BrF3INO2/c9-4-1-6(14-3-15)5(13)2-7(4)16-8(10,11)12/h1-3H,(H,14,15). The van der Waals surface area contributed by atoms with Gasteiger partial charge in [0, 0.05) is 3.57 Å². The number of rotatable bonds is 3. The summed E-state index contributed by atoms with van der Waals surface area (Å²) < 4.78 is 40.3. The van der Waals surface area contributed by atoms with Crippen molar-refractivity contribution in [2.24, 2.45) is 0 Å². The Balaban J connectivity index is 3.05. The Morgan fingerprint density at radius 3 is 2.56 bits per heavy atom. The summed E-state index contributed by atoms with van der Waals surface area (Å²) in [6, 6.07) is 2.50. The summed E-state index contributed by atoms with van der Waals surface area (Å²) in [4.78, 5) is 10.2. The normalized spacial score (nSPS) is 11.1. The molecule has 0 unspecified atom stereocenters. The minimum absolute atomic E-state index is 0.106. The van der Waals surface area contributed by atoms with Crippen LogP contribution >= 0.6 is 38.5 Å². The molecule has 1 N–H and O–H groups in total. The van der Waals surface area contributed by atoms with Crippen LogP contribution < -0.4 is 10.1 Å². The predicted molar refractivity (Wildman–Crippen MR) is 63.2 cm³/mol. The topological polar surface area (TPSA) is 38.3 Å². The van der Waals surface area contributed by atoms with Crippen molar-refractivity contribution in [1.82, 2.24) is 0 Å². The van der Waals surface area contributed by atoms with E-state index in [2.05, 4.69) is 26.0 Å². The summed E-state index contributed by atoms with van der Waals surface area (Å²) in [7, 11) is 0. The number of ether oxygens (including phenoxy) is 1. The molecule has 0 aromatic heterocycles. The largest absolute Gasteiger partial charge is 0.573 e. The second kappa shape index (κ2) is 5.21. The number of hydrogen-bond donors (Lipinski definition) is 1. The number of hydrogen-bond acceptors (Lipinski definition) is 2. The van der Waals surface area contributed by atoms with Gasteiger partial charge in [0.2, 0.25) is 6.41 Å². The van der Waals surface area contributed by atoms with E-state index in [4.69, 9.17) is 0 Å². The molecule has 0 atom stereocenters. The van der Waals surface area contributed by atoms with Crippen LogP contribution in [0, 0.1) is 3.57 Å². The quantitative estimate of drug-likeness (QED) is 0.612. The molecule has 16 heavy (non-hydrogen) atoms. The van der Waals surface area contributed by atoms with Crippen molar-refractivity contribution in [3.63, 3.8) is 0 Å². The van der Waals surface area contributed by atoms with Gasteiger partial charge in [-0.3, -0.25) is 4.79 Å². The van der Waals surface area contributed by atoms with Crippen LogP contribution in [0.4, 0.5) is 18.9 Å². The van der Waals surface area contributed by atoms with Crippen LogP contribution in [-0.4, -0.2) is 12.8 Å². The van der Waals surface area contributed by atoms with Crippen LogP contribution in [0.5, 0.6) is 5.75 Å². The Labute approximate surface area is 111 Å². The number of amides is 1.